The van der Waals surface area contributed by atoms with Crippen LogP contribution in [0.25, 0.3) is 0 Å². The SMILES string of the molecule is Cc1[nH]nc(Cl)c1NC(=O)c1cc(F)c(NC(=O)N2CCC[C@@H]2CO)cc1OC(C)C. The van der Waals surface area contributed by atoms with Crippen LogP contribution in [0.1, 0.15) is 42.7 Å². The van der Waals surface area contributed by atoms with E-state index < -0.39 is 17.8 Å². The third-order valence-electron chi connectivity index (χ3n) is 4.91. The summed E-state index contributed by atoms with van der Waals surface area (Å²) < 4.78 is 20.5. The molecule has 11 heteroatoms. The molecule has 0 radical (unpaired) electrons. The fourth-order valence-electron chi connectivity index (χ4n) is 3.38. The van der Waals surface area contributed by atoms with Gasteiger partial charge in [0.2, 0.25) is 0 Å². The van der Waals surface area contributed by atoms with E-state index in [4.69, 9.17) is 16.3 Å². The summed E-state index contributed by atoms with van der Waals surface area (Å²) in [4.78, 5) is 26.8. The number of nitrogens with one attached hydrogen (secondary N) is 3. The second kappa shape index (κ2) is 9.52. The molecule has 31 heavy (non-hydrogen) atoms. The van der Waals surface area contributed by atoms with Gasteiger partial charge in [0.25, 0.3) is 5.91 Å². The fraction of sp³-hybridized carbons (Fsp3) is 0.450. The quantitative estimate of drug-likeness (QED) is 0.533. The van der Waals surface area contributed by atoms with Crippen molar-refractivity contribution in [3.63, 3.8) is 0 Å². The predicted molar refractivity (Wildman–Crippen MR) is 114 cm³/mol. The minimum absolute atomic E-state index is 0.0599. The smallest absolute Gasteiger partial charge is 0.322 e. The van der Waals surface area contributed by atoms with Gasteiger partial charge in [-0.15, -0.1) is 0 Å². The van der Waals surface area contributed by atoms with Crippen molar-refractivity contribution in [1.29, 1.82) is 0 Å². The highest BCUT2D eigenvalue weighted by atomic mass is 35.5. The van der Waals surface area contributed by atoms with Crippen molar-refractivity contribution in [3.8, 4) is 5.75 Å². The summed E-state index contributed by atoms with van der Waals surface area (Å²) in [5.74, 6) is -1.34. The second-order valence-corrected chi connectivity index (χ2v) is 7.92. The van der Waals surface area contributed by atoms with Crippen LogP contribution in [0, 0.1) is 12.7 Å². The number of halogens is 2. The van der Waals surface area contributed by atoms with Crippen LogP contribution < -0.4 is 15.4 Å². The molecule has 1 fully saturated rings. The average molecular weight is 454 g/mol. The molecule has 2 heterocycles. The number of aliphatic hydroxyl groups is 1. The first kappa shape index (κ1) is 22.8. The number of hydrogen-bond acceptors (Lipinski definition) is 5. The maximum absolute atomic E-state index is 14.8. The molecule has 1 atom stereocenters. The number of ether oxygens (including phenoxy) is 1. The lowest BCUT2D eigenvalue weighted by molar-refractivity contribution is 0.102. The van der Waals surface area contributed by atoms with Gasteiger partial charge in [0.15, 0.2) is 5.15 Å². The van der Waals surface area contributed by atoms with Crippen LogP contribution in [0.3, 0.4) is 0 Å². The number of aliphatic hydroxyl groups excluding tert-OH is 1. The lowest BCUT2D eigenvalue weighted by Crippen LogP contribution is -2.40. The highest BCUT2D eigenvalue weighted by Gasteiger charge is 2.29. The Hall–Kier alpha value is -2.85. The summed E-state index contributed by atoms with van der Waals surface area (Å²) >= 11 is 5.97. The molecule has 0 spiro atoms. The van der Waals surface area contributed by atoms with Crippen LogP contribution in [0.15, 0.2) is 12.1 Å². The number of aromatic nitrogens is 2. The first-order valence-corrected chi connectivity index (χ1v) is 10.3. The van der Waals surface area contributed by atoms with Gasteiger partial charge in [-0.25, -0.2) is 9.18 Å². The lowest BCUT2D eigenvalue weighted by Gasteiger charge is -2.24. The van der Waals surface area contributed by atoms with Crippen LogP contribution in [0.5, 0.6) is 5.75 Å². The van der Waals surface area contributed by atoms with E-state index in [1.807, 2.05) is 0 Å². The number of carbonyl (C=O) groups is 2. The number of amides is 3. The fourth-order valence-corrected chi connectivity index (χ4v) is 3.61. The van der Waals surface area contributed by atoms with Crippen molar-refractivity contribution in [2.45, 2.75) is 45.8 Å². The van der Waals surface area contributed by atoms with Crippen LogP contribution in [-0.2, 0) is 0 Å². The normalized spacial score (nSPS) is 16.0. The molecular weight excluding hydrogens is 429 g/mol. The number of benzene rings is 1. The number of urea groups is 1. The summed E-state index contributed by atoms with van der Waals surface area (Å²) in [6.45, 7) is 5.51. The van der Waals surface area contributed by atoms with Gasteiger partial charge in [0.05, 0.1) is 35.7 Å². The van der Waals surface area contributed by atoms with E-state index in [1.165, 1.54) is 11.0 Å². The van der Waals surface area contributed by atoms with Crippen LogP contribution >= 0.6 is 11.6 Å². The van der Waals surface area contributed by atoms with E-state index in [0.717, 1.165) is 12.5 Å². The van der Waals surface area contributed by atoms with Crippen molar-refractivity contribution in [2.24, 2.45) is 0 Å². The van der Waals surface area contributed by atoms with E-state index in [9.17, 15) is 19.1 Å². The number of nitrogens with zero attached hydrogens (tertiary/aromatic N) is 2. The first-order valence-electron chi connectivity index (χ1n) is 9.91. The number of hydrogen-bond donors (Lipinski definition) is 4. The third-order valence-corrected chi connectivity index (χ3v) is 5.18. The van der Waals surface area contributed by atoms with Crippen molar-refractivity contribution in [2.75, 3.05) is 23.8 Å². The van der Waals surface area contributed by atoms with Gasteiger partial charge in [-0.05, 0) is 39.7 Å². The largest absolute Gasteiger partial charge is 0.490 e. The minimum atomic E-state index is -0.802. The molecule has 1 saturated heterocycles. The Balaban J connectivity index is 1.88. The number of rotatable bonds is 6. The van der Waals surface area contributed by atoms with Crippen LogP contribution in [0.2, 0.25) is 5.15 Å². The standard InChI is InChI=1S/C20H25ClFN5O4/c1-10(2)31-16-8-15(23-20(30)27-6-4-5-12(27)9-28)14(22)7-13(16)19(29)24-17-11(3)25-26-18(17)21/h7-8,10,12,28H,4-6,9H2,1-3H3,(H,23,30)(H,24,29)(H,25,26)/t12-/m1/s1. The molecule has 1 aromatic carbocycles. The molecule has 9 nitrogen and oxygen atoms in total. The molecule has 3 rings (SSSR count). The molecule has 2 aromatic rings. The molecule has 0 unspecified atom stereocenters. The van der Waals surface area contributed by atoms with Gasteiger partial charge in [0.1, 0.15) is 17.3 Å². The molecular formula is C20H25ClFN5O4. The summed E-state index contributed by atoms with van der Waals surface area (Å²) in [7, 11) is 0. The Kier molecular flexibility index (Phi) is 7.01. The second-order valence-electron chi connectivity index (χ2n) is 7.57. The zero-order valence-corrected chi connectivity index (χ0v) is 18.2. The predicted octanol–water partition coefficient (Wildman–Crippen LogP) is 3.54. The zero-order chi connectivity index (χ0) is 22.7. The molecule has 0 bridgehead atoms. The number of carbonyl (C=O) groups excluding carboxylic acids is 2. The van der Waals surface area contributed by atoms with E-state index in [-0.39, 0.29) is 46.6 Å². The van der Waals surface area contributed by atoms with E-state index >= 15 is 0 Å². The Morgan fingerprint density at radius 1 is 1.42 bits per heavy atom. The van der Waals surface area contributed by atoms with Gasteiger partial charge in [-0.3, -0.25) is 9.89 Å². The zero-order valence-electron chi connectivity index (χ0n) is 17.5. The molecule has 3 amide bonds. The summed E-state index contributed by atoms with van der Waals surface area (Å²) in [6.07, 6.45) is 1.14. The molecule has 1 aliphatic heterocycles. The Bertz CT molecular complexity index is 961. The number of H-pyrrole nitrogens is 1. The number of aryl methyl sites for hydroxylation is 1. The highest BCUT2D eigenvalue weighted by molar-refractivity contribution is 6.33. The van der Waals surface area contributed by atoms with Crippen molar-refractivity contribution >= 4 is 34.9 Å². The summed E-state index contributed by atoms with van der Waals surface area (Å²) in [5, 5.41) is 21.0. The topological polar surface area (TPSA) is 120 Å². The molecule has 4 N–H and O–H groups in total. The van der Waals surface area contributed by atoms with E-state index in [0.29, 0.717) is 18.7 Å². The maximum atomic E-state index is 14.8. The summed E-state index contributed by atoms with van der Waals surface area (Å²) in [6, 6.07) is 1.45. The summed E-state index contributed by atoms with van der Waals surface area (Å²) in [5.41, 5.74) is 0.635. The van der Waals surface area contributed by atoms with E-state index in [2.05, 4.69) is 20.8 Å². The third kappa shape index (κ3) is 5.08. The highest BCUT2D eigenvalue weighted by Crippen LogP contribution is 2.30. The minimum Gasteiger partial charge on any atom is -0.490 e. The van der Waals surface area contributed by atoms with Crippen molar-refractivity contribution in [1.82, 2.24) is 15.1 Å². The van der Waals surface area contributed by atoms with Gasteiger partial charge in [-0.2, -0.15) is 5.10 Å². The Labute approximate surface area is 183 Å². The van der Waals surface area contributed by atoms with Crippen molar-refractivity contribution < 1.29 is 23.8 Å². The molecule has 168 valence electrons. The molecule has 0 saturated carbocycles. The van der Waals surface area contributed by atoms with Crippen molar-refractivity contribution in [3.05, 3.63) is 34.4 Å². The van der Waals surface area contributed by atoms with Gasteiger partial charge in [-0.1, -0.05) is 11.6 Å². The van der Waals surface area contributed by atoms with Gasteiger partial charge >= 0.3 is 6.03 Å². The van der Waals surface area contributed by atoms with Crippen LogP contribution in [-0.4, -0.2) is 57.4 Å². The van der Waals surface area contributed by atoms with E-state index in [1.54, 1.807) is 20.8 Å². The monoisotopic (exact) mass is 453 g/mol. The average Bonchev–Trinajstić information content (AvgIpc) is 3.31. The maximum Gasteiger partial charge on any atom is 0.322 e. The number of likely N-dealkylation sites (tertiary alicyclic amines) is 1. The van der Waals surface area contributed by atoms with Gasteiger partial charge in [0, 0.05) is 12.6 Å². The number of aromatic amines is 1. The number of anilines is 2. The van der Waals surface area contributed by atoms with Gasteiger partial charge < -0.3 is 25.4 Å². The Morgan fingerprint density at radius 2 is 2.16 bits per heavy atom. The first-order chi connectivity index (χ1) is 14.7. The molecule has 1 aromatic heterocycles. The molecule has 0 aliphatic carbocycles. The Morgan fingerprint density at radius 3 is 2.77 bits per heavy atom. The molecule has 1 aliphatic rings. The lowest BCUT2D eigenvalue weighted by atomic mass is 10.1. The van der Waals surface area contributed by atoms with Crippen LogP contribution in [0.4, 0.5) is 20.6 Å².